The minimum Gasteiger partial charge on any atom is -0.390 e. The molecule has 0 fully saturated rings. The summed E-state index contributed by atoms with van der Waals surface area (Å²) in [6.45, 7) is 3.42. The van der Waals surface area contributed by atoms with Crippen molar-refractivity contribution in [2.24, 2.45) is 0 Å². The second-order valence-electron chi connectivity index (χ2n) is 2.08. The molecule has 0 atom stereocenters. The number of rotatable bonds is 6. The standard InChI is InChI=1S/C7H10Cl2NO4P/c1-3-12-15(11,13-4-2)14-6(5-10)7(8)9/h3-4H2,1-2H3. The van der Waals surface area contributed by atoms with Crippen LogP contribution >= 0.6 is 31.0 Å². The van der Waals surface area contributed by atoms with Crippen LogP contribution in [0, 0.1) is 11.3 Å². The summed E-state index contributed by atoms with van der Waals surface area (Å²) in [4.78, 5) is 0. The van der Waals surface area contributed by atoms with Gasteiger partial charge in [0, 0.05) is 0 Å². The minimum atomic E-state index is -3.80. The van der Waals surface area contributed by atoms with Gasteiger partial charge in [-0.05, 0) is 13.8 Å². The molecule has 8 heteroatoms. The molecule has 0 bridgehead atoms. The van der Waals surface area contributed by atoms with Crippen LogP contribution in [0.1, 0.15) is 13.8 Å². The Kier molecular flexibility index (Phi) is 6.99. The van der Waals surface area contributed by atoms with Gasteiger partial charge < -0.3 is 4.52 Å². The van der Waals surface area contributed by atoms with Gasteiger partial charge in [-0.3, -0.25) is 9.05 Å². The number of hydrogen-bond acceptors (Lipinski definition) is 5. The van der Waals surface area contributed by atoms with E-state index in [2.05, 4.69) is 0 Å². The van der Waals surface area contributed by atoms with Crippen LogP contribution in [0.25, 0.3) is 0 Å². The van der Waals surface area contributed by atoms with Crippen LogP contribution < -0.4 is 0 Å². The van der Waals surface area contributed by atoms with Crippen molar-refractivity contribution in [3.63, 3.8) is 0 Å². The second-order valence-corrected chi connectivity index (χ2v) is 4.62. The Balaban J connectivity index is 4.77. The van der Waals surface area contributed by atoms with Crippen molar-refractivity contribution in [2.45, 2.75) is 13.8 Å². The molecular weight excluding hydrogens is 264 g/mol. The largest absolute Gasteiger partial charge is 0.530 e. The summed E-state index contributed by atoms with van der Waals surface area (Å²) in [5.41, 5.74) is 0. The van der Waals surface area contributed by atoms with Crippen molar-refractivity contribution in [2.75, 3.05) is 13.2 Å². The molecular formula is C7H10Cl2NO4P. The molecule has 0 N–H and O–H groups in total. The number of hydrogen-bond donors (Lipinski definition) is 0. The monoisotopic (exact) mass is 273 g/mol. The Labute approximate surface area is 98.1 Å². The molecule has 0 saturated carbocycles. The lowest BCUT2D eigenvalue weighted by Crippen LogP contribution is -1.99. The van der Waals surface area contributed by atoms with Gasteiger partial charge >= 0.3 is 7.82 Å². The van der Waals surface area contributed by atoms with Gasteiger partial charge in [-0.15, -0.1) is 0 Å². The summed E-state index contributed by atoms with van der Waals surface area (Å²) < 4.78 is 25.5. The molecule has 0 heterocycles. The van der Waals surface area contributed by atoms with Crippen LogP contribution in [0.3, 0.4) is 0 Å². The third-order valence-electron chi connectivity index (χ3n) is 1.05. The van der Waals surface area contributed by atoms with Crippen molar-refractivity contribution in [1.29, 1.82) is 5.26 Å². The van der Waals surface area contributed by atoms with E-state index in [1.54, 1.807) is 13.8 Å². The summed E-state index contributed by atoms with van der Waals surface area (Å²) in [6.07, 6.45) is 0. The van der Waals surface area contributed by atoms with E-state index in [-0.39, 0.29) is 13.2 Å². The number of phosphoric ester groups is 1. The molecule has 15 heavy (non-hydrogen) atoms. The number of phosphoric acid groups is 1. The highest BCUT2D eigenvalue weighted by atomic mass is 35.5. The number of halogens is 2. The minimum absolute atomic E-state index is 0.107. The van der Waals surface area contributed by atoms with Crippen LogP contribution in [0.15, 0.2) is 10.3 Å². The molecule has 0 aromatic carbocycles. The van der Waals surface area contributed by atoms with Gasteiger partial charge in [-0.1, -0.05) is 23.2 Å². The van der Waals surface area contributed by atoms with Gasteiger partial charge in [0.05, 0.1) is 13.2 Å². The third-order valence-corrected chi connectivity index (χ3v) is 2.95. The van der Waals surface area contributed by atoms with E-state index in [4.69, 9.17) is 42.0 Å². The first-order valence-corrected chi connectivity index (χ1v) is 6.24. The highest BCUT2D eigenvalue weighted by molar-refractivity contribution is 7.48. The van der Waals surface area contributed by atoms with Crippen molar-refractivity contribution >= 4 is 31.0 Å². The molecule has 0 radical (unpaired) electrons. The average molecular weight is 274 g/mol. The first kappa shape index (κ1) is 14.8. The highest BCUT2D eigenvalue weighted by Gasteiger charge is 2.29. The van der Waals surface area contributed by atoms with E-state index >= 15 is 0 Å². The molecule has 0 amide bonds. The Morgan fingerprint density at radius 3 is 2.07 bits per heavy atom. The maximum absolute atomic E-state index is 11.7. The highest BCUT2D eigenvalue weighted by Crippen LogP contribution is 2.51. The molecule has 86 valence electrons. The van der Waals surface area contributed by atoms with Gasteiger partial charge in [0.1, 0.15) is 6.07 Å². The first-order valence-electron chi connectivity index (χ1n) is 4.03. The maximum Gasteiger partial charge on any atom is 0.530 e. The Hall–Kier alpha value is -0.240. The molecule has 0 rings (SSSR count). The third kappa shape index (κ3) is 5.41. The van der Waals surface area contributed by atoms with Gasteiger partial charge in [-0.2, -0.15) is 5.26 Å². The number of nitrogens with zero attached hydrogens (tertiary/aromatic N) is 1. The Morgan fingerprint density at radius 2 is 1.80 bits per heavy atom. The van der Waals surface area contributed by atoms with Crippen LogP contribution in [0.4, 0.5) is 0 Å². The van der Waals surface area contributed by atoms with Crippen molar-refractivity contribution in [3.8, 4) is 6.07 Å². The molecule has 0 saturated heterocycles. The molecule has 0 aliphatic rings. The van der Waals surface area contributed by atoms with Crippen LogP contribution in [-0.4, -0.2) is 13.2 Å². The van der Waals surface area contributed by atoms with Crippen molar-refractivity contribution in [3.05, 3.63) is 10.3 Å². The van der Waals surface area contributed by atoms with Crippen molar-refractivity contribution in [1.82, 2.24) is 0 Å². The van der Waals surface area contributed by atoms with E-state index in [0.717, 1.165) is 0 Å². The van der Waals surface area contributed by atoms with Crippen LogP contribution in [0.2, 0.25) is 0 Å². The first-order chi connectivity index (χ1) is 6.99. The molecule has 0 aromatic heterocycles. The summed E-state index contributed by atoms with van der Waals surface area (Å²) in [5, 5.41) is 8.56. The maximum atomic E-state index is 11.7. The van der Waals surface area contributed by atoms with Gasteiger partial charge in [0.15, 0.2) is 4.49 Å². The van der Waals surface area contributed by atoms with E-state index in [9.17, 15) is 4.57 Å². The smallest absolute Gasteiger partial charge is 0.390 e. The summed E-state index contributed by atoms with van der Waals surface area (Å²) >= 11 is 10.6. The zero-order valence-corrected chi connectivity index (χ0v) is 10.6. The van der Waals surface area contributed by atoms with Gasteiger partial charge in [0.2, 0.25) is 5.76 Å². The van der Waals surface area contributed by atoms with Crippen molar-refractivity contribution < 1.29 is 18.1 Å². The van der Waals surface area contributed by atoms with E-state index < -0.39 is 18.1 Å². The average Bonchev–Trinajstić information content (AvgIpc) is 2.14. The lowest BCUT2D eigenvalue weighted by Gasteiger charge is -2.15. The second kappa shape index (κ2) is 7.10. The normalized spacial score (nSPS) is 10.6. The quantitative estimate of drug-likeness (QED) is 0.422. The topological polar surface area (TPSA) is 68.6 Å². The fourth-order valence-electron chi connectivity index (χ4n) is 0.615. The lowest BCUT2D eigenvalue weighted by molar-refractivity contribution is 0.149. The van der Waals surface area contributed by atoms with Crippen LogP contribution in [-0.2, 0) is 18.1 Å². The molecule has 0 spiro atoms. The van der Waals surface area contributed by atoms with E-state index in [1.165, 1.54) is 6.07 Å². The summed E-state index contributed by atoms with van der Waals surface area (Å²) in [7, 11) is -3.80. The molecule has 0 unspecified atom stereocenters. The Bertz CT molecular complexity index is 311. The van der Waals surface area contributed by atoms with E-state index in [1.807, 2.05) is 0 Å². The lowest BCUT2D eigenvalue weighted by atomic mass is 10.6. The molecule has 0 aliphatic heterocycles. The fraction of sp³-hybridized carbons (Fsp3) is 0.571. The van der Waals surface area contributed by atoms with Gasteiger partial charge in [-0.25, -0.2) is 4.57 Å². The summed E-state index contributed by atoms with van der Waals surface area (Å²) in [6, 6.07) is 1.54. The zero-order chi connectivity index (χ0) is 11.9. The molecule has 0 aromatic rings. The Morgan fingerprint density at radius 1 is 1.33 bits per heavy atom. The number of nitriles is 1. The predicted octanol–water partition coefficient (Wildman–Crippen LogP) is 3.35. The van der Waals surface area contributed by atoms with E-state index in [0.29, 0.717) is 0 Å². The van der Waals surface area contributed by atoms with Crippen LogP contribution in [0.5, 0.6) is 0 Å². The number of allylic oxidation sites excluding steroid dienone is 1. The fourth-order valence-corrected chi connectivity index (χ4v) is 2.05. The molecule has 5 nitrogen and oxygen atoms in total. The molecule has 0 aliphatic carbocycles. The SMILES string of the molecule is CCOP(=O)(OCC)OC(C#N)=C(Cl)Cl. The summed E-state index contributed by atoms with van der Waals surface area (Å²) in [5.74, 6) is -0.497. The zero-order valence-electron chi connectivity index (χ0n) is 8.20. The predicted molar refractivity (Wildman–Crippen MR) is 56.3 cm³/mol. The van der Waals surface area contributed by atoms with Gasteiger partial charge in [0.25, 0.3) is 0 Å².